The van der Waals surface area contributed by atoms with Crippen molar-refractivity contribution < 1.29 is 5.11 Å². The number of piperidine rings is 1. The van der Waals surface area contributed by atoms with Gasteiger partial charge in [-0.1, -0.05) is 25.5 Å². The van der Waals surface area contributed by atoms with Gasteiger partial charge < -0.3 is 15.3 Å². The average Bonchev–Trinajstić information content (AvgIpc) is 2.67. The van der Waals surface area contributed by atoms with Crippen LogP contribution in [0.5, 0.6) is 5.75 Å². The minimum atomic E-state index is 0.337. The third kappa shape index (κ3) is 5.93. The minimum Gasteiger partial charge on any atom is -0.508 e. The van der Waals surface area contributed by atoms with E-state index in [1.807, 2.05) is 19.1 Å². The third-order valence-electron chi connectivity index (χ3n) is 5.21. The molecule has 1 aliphatic heterocycles. The average molecular weight is 369 g/mol. The van der Waals surface area contributed by atoms with Crippen molar-refractivity contribution in [1.29, 1.82) is 0 Å². The quantitative estimate of drug-likeness (QED) is 0.697. The smallest absolute Gasteiger partial charge is 0.132 e. The molecule has 0 amide bonds. The number of rotatable bonds is 8. The Labute approximate surface area is 162 Å². The number of hydrogen-bond donors (Lipinski definition) is 2. The van der Waals surface area contributed by atoms with Crippen molar-refractivity contribution in [3.8, 4) is 5.75 Å². The molecule has 0 unspecified atom stereocenters. The molecule has 0 saturated carbocycles. The number of hydrogen-bond acceptors (Lipinski definition) is 5. The van der Waals surface area contributed by atoms with Gasteiger partial charge in [0.25, 0.3) is 0 Å². The first-order valence-corrected chi connectivity index (χ1v) is 10.2. The van der Waals surface area contributed by atoms with Crippen LogP contribution in [0, 0.1) is 6.92 Å². The van der Waals surface area contributed by atoms with Gasteiger partial charge >= 0.3 is 0 Å². The highest BCUT2D eigenvalue weighted by Crippen LogP contribution is 2.19. The predicted molar refractivity (Wildman–Crippen MR) is 110 cm³/mol. The van der Waals surface area contributed by atoms with Crippen molar-refractivity contribution in [1.82, 2.24) is 15.3 Å². The molecular weight excluding hydrogens is 336 g/mol. The van der Waals surface area contributed by atoms with E-state index in [1.165, 1.54) is 5.56 Å². The van der Waals surface area contributed by atoms with Crippen molar-refractivity contribution in [2.24, 2.45) is 0 Å². The van der Waals surface area contributed by atoms with E-state index in [0.29, 0.717) is 11.8 Å². The van der Waals surface area contributed by atoms with Crippen LogP contribution in [0.25, 0.3) is 0 Å². The molecule has 1 aliphatic rings. The van der Waals surface area contributed by atoms with Gasteiger partial charge in [0.1, 0.15) is 17.4 Å². The van der Waals surface area contributed by atoms with Gasteiger partial charge in [0, 0.05) is 30.9 Å². The van der Waals surface area contributed by atoms with E-state index in [9.17, 15) is 5.11 Å². The van der Waals surface area contributed by atoms with Crippen molar-refractivity contribution in [2.45, 2.75) is 58.4 Å². The number of phenols is 1. The van der Waals surface area contributed by atoms with Crippen LogP contribution in [0.15, 0.2) is 30.3 Å². The summed E-state index contributed by atoms with van der Waals surface area (Å²) in [6.07, 6.45) is 6.63. The van der Waals surface area contributed by atoms with E-state index >= 15 is 0 Å². The molecule has 0 atom stereocenters. The number of aromatic hydroxyl groups is 1. The van der Waals surface area contributed by atoms with Crippen molar-refractivity contribution >= 4 is 5.82 Å². The van der Waals surface area contributed by atoms with Crippen LogP contribution in [0.1, 0.15) is 49.7 Å². The fraction of sp³-hybridized carbons (Fsp3) is 0.545. The molecule has 1 saturated heterocycles. The molecule has 0 aliphatic carbocycles. The van der Waals surface area contributed by atoms with Gasteiger partial charge in [-0.3, -0.25) is 0 Å². The molecule has 5 heteroatoms. The van der Waals surface area contributed by atoms with Crippen LogP contribution < -0.4 is 10.2 Å². The normalized spacial score (nSPS) is 15.3. The predicted octanol–water partition coefficient (Wildman–Crippen LogP) is 3.63. The maximum atomic E-state index is 9.33. The monoisotopic (exact) mass is 368 g/mol. The summed E-state index contributed by atoms with van der Waals surface area (Å²) in [6, 6.07) is 10.3. The third-order valence-corrected chi connectivity index (χ3v) is 5.21. The summed E-state index contributed by atoms with van der Waals surface area (Å²) in [5.41, 5.74) is 2.45. The highest BCUT2D eigenvalue weighted by molar-refractivity contribution is 5.40. The Morgan fingerprint density at radius 1 is 1.11 bits per heavy atom. The summed E-state index contributed by atoms with van der Waals surface area (Å²) < 4.78 is 0. The van der Waals surface area contributed by atoms with Crippen molar-refractivity contribution in [3.63, 3.8) is 0 Å². The summed E-state index contributed by atoms with van der Waals surface area (Å²) in [5.74, 6) is 2.31. The molecule has 0 radical (unpaired) electrons. The highest BCUT2D eigenvalue weighted by atomic mass is 16.3. The molecule has 1 aromatic heterocycles. The lowest BCUT2D eigenvalue weighted by Crippen LogP contribution is -2.43. The Hall–Kier alpha value is -2.14. The zero-order valence-corrected chi connectivity index (χ0v) is 16.6. The summed E-state index contributed by atoms with van der Waals surface area (Å²) in [4.78, 5) is 11.6. The first-order valence-electron chi connectivity index (χ1n) is 10.2. The van der Waals surface area contributed by atoms with Crippen LogP contribution >= 0.6 is 0 Å². The summed E-state index contributed by atoms with van der Waals surface area (Å²) in [7, 11) is 0. The van der Waals surface area contributed by atoms with E-state index in [1.54, 1.807) is 12.1 Å². The van der Waals surface area contributed by atoms with Crippen LogP contribution in [0.2, 0.25) is 0 Å². The minimum absolute atomic E-state index is 0.337. The molecule has 1 fully saturated rings. The van der Waals surface area contributed by atoms with Crippen LogP contribution in [0.4, 0.5) is 5.82 Å². The van der Waals surface area contributed by atoms with E-state index in [2.05, 4.69) is 33.2 Å². The van der Waals surface area contributed by atoms with E-state index in [-0.39, 0.29) is 0 Å². The Kier molecular flexibility index (Phi) is 7.04. The molecule has 2 N–H and O–H groups in total. The maximum absolute atomic E-state index is 9.33. The zero-order chi connectivity index (χ0) is 19.1. The van der Waals surface area contributed by atoms with E-state index < -0.39 is 0 Å². The van der Waals surface area contributed by atoms with E-state index in [4.69, 9.17) is 0 Å². The number of phenolic OH excluding ortho intramolecular Hbond substituents is 1. The molecular formula is C22H32N4O. The largest absolute Gasteiger partial charge is 0.508 e. The molecule has 146 valence electrons. The lowest BCUT2D eigenvalue weighted by Gasteiger charge is -2.33. The molecule has 1 aromatic carbocycles. The first-order chi connectivity index (χ1) is 13.1. The molecule has 27 heavy (non-hydrogen) atoms. The van der Waals surface area contributed by atoms with E-state index in [0.717, 1.165) is 75.5 Å². The van der Waals surface area contributed by atoms with Crippen LogP contribution in [0.3, 0.4) is 0 Å². The fourth-order valence-electron chi connectivity index (χ4n) is 3.73. The molecule has 5 nitrogen and oxygen atoms in total. The summed E-state index contributed by atoms with van der Waals surface area (Å²) in [5, 5.41) is 13.0. The number of aromatic nitrogens is 2. The Balaban J connectivity index is 1.40. The van der Waals surface area contributed by atoms with Crippen molar-refractivity contribution in [2.75, 3.05) is 24.5 Å². The summed E-state index contributed by atoms with van der Waals surface area (Å²) >= 11 is 0. The second-order valence-corrected chi connectivity index (χ2v) is 7.50. The Bertz CT molecular complexity index is 709. The molecule has 2 aromatic rings. The zero-order valence-electron chi connectivity index (χ0n) is 16.6. The second kappa shape index (κ2) is 9.70. The van der Waals surface area contributed by atoms with Gasteiger partial charge in [-0.05, 0) is 63.3 Å². The van der Waals surface area contributed by atoms with Gasteiger partial charge in [-0.15, -0.1) is 0 Å². The van der Waals surface area contributed by atoms with Gasteiger partial charge in [0.05, 0.1) is 0 Å². The molecule has 0 spiro atoms. The Morgan fingerprint density at radius 2 is 1.85 bits per heavy atom. The molecule has 2 heterocycles. The van der Waals surface area contributed by atoms with Gasteiger partial charge in [0.15, 0.2) is 0 Å². The summed E-state index contributed by atoms with van der Waals surface area (Å²) in [6.45, 7) is 7.33. The lowest BCUT2D eigenvalue weighted by molar-refractivity contribution is 0.411. The van der Waals surface area contributed by atoms with Gasteiger partial charge in [-0.2, -0.15) is 0 Å². The molecule has 0 bridgehead atoms. The SMILES string of the molecule is CCCc1cc(N2CCC(NCCCc3ccc(O)cc3)CC2)nc(C)n1. The number of aryl methyl sites for hydroxylation is 3. The van der Waals surface area contributed by atoms with Crippen LogP contribution in [-0.4, -0.2) is 40.8 Å². The van der Waals surface area contributed by atoms with Crippen LogP contribution in [-0.2, 0) is 12.8 Å². The number of benzene rings is 1. The highest BCUT2D eigenvalue weighted by Gasteiger charge is 2.20. The van der Waals surface area contributed by atoms with Crippen molar-refractivity contribution in [3.05, 3.63) is 47.4 Å². The lowest BCUT2D eigenvalue weighted by atomic mass is 10.0. The fourth-order valence-corrected chi connectivity index (χ4v) is 3.73. The standard InChI is InChI=1S/C22H32N4O/c1-3-5-20-16-22(25-17(2)24-20)26-14-11-19(12-15-26)23-13-4-6-18-7-9-21(27)10-8-18/h7-10,16,19,23,27H,3-6,11-15H2,1-2H3. The van der Waals surface area contributed by atoms with Gasteiger partial charge in [-0.25, -0.2) is 9.97 Å². The maximum Gasteiger partial charge on any atom is 0.132 e. The molecule has 3 rings (SSSR count). The topological polar surface area (TPSA) is 61.3 Å². The number of anilines is 1. The van der Waals surface area contributed by atoms with Gasteiger partial charge in [0.2, 0.25) is 0 Å². The number of nitrogens with zero attached hydrogens (tertiary/aromatic N) is 3. The Morgan fingerprint density at radius 3 is 2.56 bits per heavy atom. The number of nitrogens with one attached hydrogen (secondary N) is 1. The first kappa shape index (κ1) is 19.6. The second-order valence-electron chi connectivity index (χ2n) is 7.50.